The summed E-state index contributed by atoms with van der Waals surface area (Å²) in [7, 11) is 0. The zero-order chi connectivity index (χ0) is 11.3. The molecule has 0 aromatic carbocycles. The van der Waals surface area contributed by atoms with Crippen LogP contribution >= 0.6 is 15.9 Å². The third-order valence-electron chi connectivity index (χ3n) is 2.25. The molecule has 0 atom stereocenters. The molecule has 1 N–H and O–H groups in total. The minimum atomic E-state index is 0.0102. The fourth-order valence-electron chi connectivity index (χ4n) is 1.40. The van der Waals surface area contributed by atoms with Crippen molar-refractivity contribution in [2.24, 2.45) is 0 Å². The third kappa shape index (κ3) is 3.38. The lowest BCUT2D eigenvalue weighted by molar-refractivity contribution is 0.0944. The topological polar surface area (TPSA) is 34.0 Å². The number of aromatic nitrogens is 1. The van der Waals surface area contributed by atoms with Gasteiger partial charge in [-0.15, -0.1) is 0 Å². The fourth-order valence-corrected chi connectivity index (χ4v) is 1.86. The molecule has 0 fully saturated rings. The van der Waals surface area contributed by atoms with E-state index in [-0.39, 0.29) is 5.91 Å². The van der Waals surface area contributed by atoms with Crippen molar-refractivity contribution in [3.63, 3.8) is 0 Å². The number of hydrogen-bond acceptors (Lipinski definition) is 1. The normalized spacial score (nSPS) is 10.3. The maximum absolute atomic E-state index is 11.8. The average molecular weight is 273 g/mol. The highest BCUT2D eigenvalue weighted by molar-refractivity contribution is 9.10. The molecule has 0 saturated carbocycles. The van der Waals surface area contributed by atoms with Gasteiger partial charge >= 0.3 is 0 Å². The van der Waals surface area contributed by atoms with Crippen molar-refractivity contribution in [3.8, 4) is 0 Å². The van der Waals surface area contributed by atoms with Crippen LogP contribution in [0.4, 0.5) is 0 Å². The maximum atomic E-state index is 11.8. The lowest BCUT2D eigenvalue weighted by Crippen LogP contribution is -2.26. The van der Waals surface area contributed by atoms with E-state index in [0.29, 0.717) is 0 Å². The smallest absolute Gasteiger partial charge is 0.267 e. The molecule has 0 aliphatic carbocycles. The van der Waals surface area contributed by atoms with Gasteiger partial charge in [-0.1, -0.05) is 13.3 Å². The fraction of sp³-hybridized carbons (Fsp3) is 0.545. The Kier molecular flexibility index (Phi) is 4.88. The van der Waals surface area contributed by atoms with Crippen molar-refractivity contribution >= 4 is 21.8 Å². The first-order chi connectivity index (χ1) is 7.19. The van der Waals surface area contributed by atoms with Crippen LogP contribution in [0, 0.1) is 0 Å². The van der Waals surface area contributed by atoms with Crippen molar-refractivity contribution in [3.05, 3.63) is 22.4 Å². The van der Waals surface area contributed by atoms with Gasteiger partial charge in [0, 0.05) is 23.8 Å². The highest BCUT2D eigenvalue weighted by Gasteiger charge is 2.10. The quantitative estimate of drug-likeness (QED) is 0.822. The van der Waals surface area contributed by atoms with Gasteiger partial charge in [-0.2, -0.15) is 0 Å². The molecular formula is C11H17BrN2O. The van der Waals surface area contributed by atoms with Crippen molar-refractivity contribution in [1.82, 2.24) is 9.88 Å². The van der Waals surface area contributed by atoms with E-state index in [4.69, 9.17) is 0 Å². The molecule has 0 bridgehead atoms. The van der Waals surface area contributed by atoms with Crippen LogP contribution in [0.1, 0.15) is 37.2 Å². The number of carbonyl (C=O) groups is 1. The number of amides is 1. The van der Waals surface area contributed by atoms with Gasteiger partial charge in [-0.05, 0) is 35.3 Å². The molecule has 1 rings (SSSR count). The summed E-state index contributed by atoms with van der Waals surface area (Å²) in [5.41, 5.74) is 0.723. The zero-order valence-corrected chi connectivity index (χ0v) is 10.8. The predicted molar refractivity (Wildman–Crippen MR) is 65.0 cm³/mol. The second-order valence-corrected chi connectivity index (χ2v) is 4.35. The number of rotatable bonds is 5. The lowest BCUT2D eigenvalue weighted by Gasteiger charge is -2.06. The Balaban J connectivity index is 2.64. The Morgan fingerprint density at radius 2 is 2.27 bits per heavy atom. The van der Waals surface area contributed by atoms with Crippen LogP contribution in [-0.2, 0) is 6.54 Å². The predicted octanol–water partition coefficient (Wildman–Crippen LogP) is 2.80. The molecule has 4 heteroatoms. The van der Waals surface area contributed by atoms with E-state index in [1.807, 2.05) is 23.8 Å². The summed E-state index contributed by atoms with van der Waals surface area (Å²) in [5.74, 6) is 0.0102. The van der Waals surface area contributed by atoms with Crippen LogP contribution in [0.3, 0.4) is 0 Å². The largest absolute Gasteiger partial charge is 0.351 e. The van der Waals surface area contributed by atoms with Crippen molar-refractivity contribution in [1.29, 1.82) is 0 Å². The Morgan fingerprint density at radius 1 is 1.53 bits per heavy atom. The summed E-state index contributed by atoms with van der Waals surface area (Å²) < 4.78 is 2.88. The van der Waals surface area contributed by atoms with Gasteiger partial charge < -0.3 is 9.88 Å². The summed E-state index contributed by atoms with van der Waals surface area (Å²) >= 11 is 3.37. The molecule has 1 aromatic heterocycles. The van der Waals surface area contributed by atoms with E-state index in [1.165, 1.54) is 0 Å². The molecule has 0 unspecified atom stereocenters. The number of unbranched alkanes of at least 4 members (excludes halogenated alkanes) is 1. The van der Waals surface area contributed by atoms with Gasteiger partial charge in [0.05, 0.1) is 0 Å². The third-order valence-corrected chi connectivity index (χ3v) is 2.69. The van der Waals surface area contributed by atoms with Gasteiger partial charge in [0.15, 0.2) is 0 Å². The van der Waals surface area contributed by atoms with Crippen LogP contribution in [0.15, 0.2) is 16.7 Å². The molecule has 0 saturated heterocycles. The van der Waals surface area contributed by atoms with E-state index in [2.05, 4.69) is 28.2 Å². The molecule has 1 heterocycles. The number of nitrogens with one attached hydrogen (secondary N) is 1. The summed E-state index contributed by atoms with van der Waals surface area (Å²) in [6, 6.07) is 1.85. The molecule has 0 aliphatic rings. The van der Waals surface area contributed by atoms with Gasteiger partial charge in [0.25, 0.3) is 5.91 Å². The Bertz CT molecular complexity index is 333. The van der Waals surface area contributed by atoms with Gasteiger partial charge in [0.1, 0.15) is 5.69 Å². The standard InChI is InChI=1S/C11H17BrN2O/c1-3-5-6-13-11(15)10-7-9(12)8-14(10)4-2/h7-8H,3-6H2,1-2H3,(H,13,15). The minimum absolute atomic E-state index is 0.0102. The first-order valence-electron chi connectivity index (χ1n) is 5.32. The average Bonchev–Trinajstić information content (AvgIpc) is 2.60. The number of aryl methyl sites for hydroxylation is 1. The SMILES string of the molecule is CCCCNC(=O)c1cc(Br)cn1CC. The molecule has 3 nitrogen and oxygen atoms in total. The summed E-state index contributed by atoms with van der Waals surface area (Å²) in [6.45, 7) is 5.69. The zero-order valence-electron chi connectivity index (χ0n) is 9.22. The van der Waals surface area contributed by atoms with Crippen LogP contribution in [0.25, 0.3) is 0 Å². The highest BCUT2D eigenvalue weighted by Crippen LogP contribution is 2.14. The number of carbonyl (C=O) groups excluding carboxylic acids is 1. The molecule has 0 radical (unpaired) electrons. The monoisotopic (exact) mass is 272 g/mol. The highest BCUT2D eigenvalue weighted by atomic mass is 79.9. The van der Waals surface area contributed by atoms with Crippen molar-refractivity contribution < 1.29 is 4.79 Å². The molecule has 1 aromatic rings. The second-order valence-electron chi connectivity index (χ2n) is 3.44. The summed E-state index contributed by atoms with van der Waals surface area (Å²) in [6.07, 6.45) is 4.05. The van der Waals surface area contributed by atoms with Gasteiger partial charge in [0.2, 0.25) is 0 Å². The Hall–Kier alpha value is -0.770. The number of nitrogens with zero attached hydrogens (tertiary/aromatic N) is 1. The van der Waals surface area contributed by atoms with Crippen LogP contribution in [-0.4, -0.2) is 17.0 Å². The van der Waals surface area contributed by atoms with Gasteiger partial charge in [-0.3, -0.25) is 4.79 Å². The second kappa shape index (κ2) is 5.95. The molecule has 0 spiro atoms. The molecule has 15 heavy (non-hydrogen) atoms. The molecule has 1 amide bonds. The summed E-state index contributed by atoms with van der Waals surface area (Å²) in [5, 5.41) is 2.91. The Labute approximate surface area is 99.0 Å². The van der Waals surface area contributed by atoms with Gasteiger partial charge in [-0.25, -0.2) is 0 Å². The van der Waals surface area contributed by atoms with E-state index >= 15 is 0 Å². The van der Waals surface area contributed by atoms with E-state index in [0.717, 1.165) is 36.1 Å². The van der Waals surface area contributed by atoms with Crippen LogP contribution in [0.5, 0.6) is 0 Å². The van der Waals surface area contributed by atoms with E-state index < -0.39 is 0 Å². The molecule has 0 aliphatic heterocycles. The molecule has 84 valence electrons. The Morgan fingerprint density at radius 3 is 2.87 bits per heavy atom. The first-order valence-corrected chi connectivity index (χ1v) is 6.12. The van der Waals surface area contributed by atoms with Crippen LogP contribution in [0.2, 0.25) is 0 Å². The van der Waals surface area contributed by atoms with Crippen LogP contribution < -0.4 is 5.32 Å². The summed E-state index contributed by atoms with van der Waals surface area (Å²) in [4.78, 5) is 11.8. The molecular weight excluding hydrogens is 256 g/mol. The van der Waals surface area contributed by atoms with Crippen molar-refractivity contribution in [2.45, 2.75) is 33.2 Å². The van der Waals surface area contributed by atoms with E-state index in [1.54, 1.807) is 0 Å². The first kappa shape index (κ1) is 12.3. The number of halogens is 1. The minimum Gasteiger partial charge on any atom is -0.351 e. The van der Waals surface area contributed by atoms with E-state index in [9.17, 15) is 4.79 Å². The van der Waals surface area contributed by atoms with Crippen molar-refractivity contribution in [2.75, 3.05) is 6.54 Å². The lowest BCUT2D eigenvalue weighted by atomic mass is 10.3. The maximum Gasteiger partial charge on any atom is 0.267 e. The number of hydrogen-bond donors (Lipinski definition) is 1.